The zero-order chi connectivity index (χ0) is 26.2. The van der Waals surface area contributed by atoms with Crippen LogP contribution in [0.15, 0.2) is 36.4 Å². The normalized spacial score (nSPS) is 16.9. The second kappa shape index (κ2) is 13.4. The summed E-state index contributed by atoms with van der Waals surface area (Å²) in [6.45, 7) is 18.2. The molecule has 2 N–H and O–H groups in total. The zero-order valence-electron chi connectivity index (χ0n) is 23.0. The van der Waals surface area contributed by atoms with Crippen molar-refractivity contribution in [3.63, 3.8) is 0 Å². The topological polar surface area (TPSA) is 65.4 Å². The summed E-state index contributed by atoms with van der Waals surface area (Å²) in [4.78, 5) is 4.53. The number of β-amino-alcohol motifs (C(OH)–C–C–N with tert-alkyl or cyclic N) is 2. The third kappa shape index (κ3) is 8.48. The van der Waals surface area contributed by atoms with E-state index < -0.39 is 12.2 Å². The van der Waals surface area contributed by atoms with Crippen molar-refractivity contribution in [2.45, 2.75) is 65.6 Å². The first-order valence-electron chi connectivity index (χ1n) is 13.4. The van der Waals surface area contributed by atoms with Gasteiger partial charge in [-0.3, -0.25) is 9.80 Å². The molecular weight excluding hydrogens is 452 g/mol. The number of nitrogens with zero attached hydrogens (tertiary/aromatic N) is 2. The SMILES string of the molecule is Cc1cc(OC[C@@H](O)CN2CCN(C[C@H](O)COc3ccc(C(C)C)c(C)c3)CC2)ccc1C(C)C. The van der Waals surface area contributed by atoms with Crippen molar-refractivity contribution < 1.29 is 19.7 Å². The van der Waals surface area contributed by atoms with Crippen molar-refractivity contribution in [3.05, 3.63) is 58.7 Å². The van der Waals surface area contributed by atoms with Gasteiger partial charge in [-0.25, -0.2) is 0 Å². The number of piperazine rings is 1. The molecule has 6 heteroatoms. The van der Waals surface area contributed by atoms with Gasteiger partial charge >= 0.3 is 0 Å². The summed E-state index contributed by atoms with van der Waals surface area (Å²) >= 11 is 0. The van der Waals surface area contributed by atoms with Crippen LogP contribution in [0.2, 0.25) is 0 Å². The molecule has 1 heterocycles. The van der Waals surface area contributed by atoms with Gasteiger partial charge in [0.15, 0.2) is 0 Å². The van der Waals surface area contributed by atoms with Crippen LogP contribution in [-0.4, -0.2) is 84.7 Å². The first-order valence-corrected chi connectivity index (χ1v) is 13.4. The van der Waals surface area contributed by atoms with Crippen LogP contribution in [0.25, 0.3) is 0 Å². The Kier molecular flexibility index (Phi) is 10.6. The fraction of sp³-hybridized carbons (Fsp3) is 0.600. The largest absolute Gasteiger partial charge is 0.491 e. The van der Waals surface area contributed by atoms with Gasteiger partial charge in [0.25, 0.3) is 0 Å². The summed E-state index contributed by atoms with van der Waals surface area (Å²) in [5, 5.41) is 21.0. The van der Waals surface area contributed by atoms with Crippen LogP contribution in [0.3, 0.4) is 0 Å². The van der Waals surface area contributed by atoms with E-state index in [0.29, 0.717) is 24.9 Å². The fourth-order valence-electron chi connectivity index (χ4n) is 5.01. The quantitative estimate of drug-likeness (QED) is 0.454. The fourth-order valence-corrected chi connectivity index (χ4v) is 5.01. The first-order chi connectivity index (χ1) is 17.1. The van der Waals surface area contributed by atoms with Crippen molar-refractivity contribution in [2.75, 3.05) is 52.5 Å². The third-order valence-electron chi connectivity index (χ3n) is 7.01. The molecule has 6 nitrogen and oxygen atoms in total. The van der Waals surface area contributed by atoms with E-state index in [-0.39, 0.29) is 13.2 Å². The van der Waals surface area contributed by atoms with E-state index in [9.17, 15) is 10.2 Å². The molecule has 200 valence electrons. The van der Waals surface area contributed by atoms with E-state index in [0.717, 1.165) is 37.7 Å². The number of aryl methyl sites for hydroxylation is 2. The minimum atomic E-state index is -0.536. The van der Waals surface area contributed by atoms with E-state index in [1.807, 2.05) is 12.1 Å². The molecular formula is C30H46N2O4. The number of aliphatic hydroxyl groups excluding tert-OH is 2. The van der Waals surface area contributed by atoms with E-state index in [1.54, 1.807) is 0 Å². The summed E-state index contributed by atoms with van der Waals surface area (Å²) in [7, 11) is 0. The van der Waals surface area contributed by atoms with Gasteiger partial charge in [-0.2, -0.15) is 0 Å². The highest BCUT2D eigenvalue weighted by Gasteiger charge is 2.21. The van der Waals surface area contributed by atoms with Gasteiger partial charge in [0.2, 0.25) is 0 Å². The van der Waals surface area contributed by atoms with Gasteiger partial charge in [0.1, 0.15) is 36.9 Å². The molecule has 2 aromatic rings. The van der Waals surface area contributed by atoms with E-state index in [2.05, 4.69) is 75.6 Å². The van der Waals surface area contributed by atoms with Crippen LogP contribution < -0.4 is 9.47 Å². The van der Waals surface area contributed by atoms with E-state index in [4.69, 9.17) is 9.47 Å². The Balaban J connectivity index is 1.34. The summed E-state index contributed by atoms with van der Waals surface area (Å²) in [5.41, 5.74) is 5.10. The van der Waals surface area contributed by atoms with Crippen LogP contribution in [-0.2, 0) is 0 Å². The molecule has 2 atom stereocenters. The molecule has 3 rings (SSSR count). The number of hydrogen-bond acceptors (Lipinski definition) is 6. The summed E-state index contributed by atoms with van der Waals surface area (Å²) in [5.74, 6) is 2.59. The average Bonchev–Trinajstić information content (AvgIpc) is 2.82. The molecule has 1 saturated heterocycles. The van der Waals surface area contributed by atoms with Crippen molar-refractivity contribution in [1.29, 1.82) is 0 Å². The molecule has 0 radical (unpaired) electrons. The minimum Gasteiger partial charge on any atom is -0.491 e. The van der Waals surface area contributed by atoms with Gasteiger partial charge in [-0.1, -0.05) is 39.8 Å². The van der Waals surface area contributed by atoms with Crippen molar-refractivity contribution >= 4 is 0 Å². The highest BCUT2D eigenvalue weighted by molar-refractivity contribution is 5.37. The molecule has 36 heavy (non-hydrogen) atoms. The highest BCUT2D eigenvalue weighted by Crippen LogP contribution is 2.24. The Morgan fingerprint density at radius 1 is 0.667 bits per heavy atom. The molecule has 1 aliphatic rings. The highest BCUT2D eigenvalue weighted by atomic mass is 16.5. The Morgan fingerprint density at radius 2 is 1.03 bits per heavy atom. The average molecular weight is 499 g/mol. The smallest absolute Gasteiger partial charge is 0.119 e. The van der Waals surface area contributed by atoms with Crippen LogP contribution in [0, 0.1) is 13.8 Å². The van der Waals surface area contributed by atoms with Crippen molar-refractivity contribution in [1.82, 2.24) is 9.80 Å². The van der Waals surface area contributed by atoms with Crippen LogP contribution in [0.1, 0.15) is 61.8 Å². The number of aliphatic hydroxyl groups is 2. The van der Waals surface area contributed by atoms with Gasteiger partial charge in [-0.05, 0) is 72.2 Å². The van der Waals surface area contributed by atoms with Gasteiger partial charge in [0, 0.05) is 39.3 Å². The monoisotopic (exact) mass is 498 g/mol. The number of rotatable bonds is 12. The molecule has 0 amide bonds. The molecule has 0 spiro atoms. The molecule has 0 saturated carbocycles. The predicted molar refractivity (Wildman–Crippen MR) is 146 cm³/mol. The first kappa shape index (κ1) is 28.5. The number of hydrogen-bond donors (Lipinski definition) is 2. The lowest BCUT2D eigenvalue weighted by Crippen LogP contribution is -2.51. The van der Waals surface area contributed by atoms with Crippen LogP contribution >= 0.6 is 0 Å². The van der Waals surface area contributed by atoms with Gasteiger partial charge < -0.3 is 19.7 Å². The molecule has 0 bridgehead atoms. The Labute approximate surface area is 217 Å². The standard InChI is InChI=1S/C30H46N2O4/c1-21(2)29-9-7-27(15-23(29)5)35-19-25(33)17-31-11-13-32(14-12-31)18-26(34)20-36-28-8-10-30(22(3)4)24(6)16-28/h7-10,15-16,21-22,25-26,33-34H,11-14,17-20H2,1-6H3/t25-,26-/m0/s1. The maximum absolute atomic E-state index is 10.5. The second-order valence-electron chi connectivity index (χ2n) is 10.9. The lowest BCUT2D eigenvalue weighted by atomic mass is 9.98. The van der Waals surface area contributed by atoms with E-state index >= 15 is 0 Å². The third-order valence-corrected chi connectivity index (χ3v) is 7.01. The maximum atomic E-state index is 10.5. The Morgan fingerprint density at radius 3 is 1.33 bits per heavy atom. The number of benzene rings is 2. The zero-order valence-corrected chi connectivity index (χ0v) is 23.0. The molecule has 1 aliphatic heterocycles. The summed E-state index contributed by atoms with van der Waals surface area (Å²) < 4.78 is 11.7. The second-order valence-corrected chi connectivity index (χ2v) is 10.9. The molecule has 2 aromatic carbocycles. The maximum Gasteiger partial charge on any atom is 0.119 e. The van der Waals surface area contributed by atoms with Gasteiger partial charge in [-0.15, -0.1) is 0 Å². The summed E-state index contributed by atoms with van der Waals surface area (Å²) in [6.07, 6.45) is -1.07. The molecule has 1 fully saturated rings. The Hall–Kier alpha value is -2.12. The lowest BCUT2D eigenvalue weighted by molar-refractivity contribution is 0.0240. The molecule has 0 aromatic heterocycles. The van der Waals surface area contributed by atoms with Crippen molar-refractivity contribution in [2.24, 2.45) is 0 Å². The number of ether oxygens (including phenoxy) is 2. The summed E-state index contributed by atoms with van der Waals surface area (Å²) in [6, 6.07) is 12.3. The molecule has 0 aliphatic carbocycles. The van der Waals surface area contributed by atoms with E-state index in [1.165, 1.54) is 22.3 Å². The molecule has 0 unspecified atom stereocenters. The van der Waals surface area contributed by atoms with Crippen molar-refractivity contribution in [3.8, 4) is 11.5 Å². The minimum absolute atomic E-state index is 0.286. The Bertz CT molecular complexity index is 876. The van der Waals surface area contributed by atoms with Crippen LogP contribution in [0.4, 0.5) is 0 Å². The predicted octanol–water partition coefficient (Wildman–Crippen LogP) is 4.35. The lowest BCUT2D eigenvalue weighted by Gasteiger charge is -2.36. The van der Waals surface area contributed by atoms with Crippen LogP contribution in [0.5, 0.6) is 11.5 Å². The van der Waals surface area contributed by atoms with Gasteiger partial charge in [0.05, 0.1) is 0 Å².